The van der Waals surface area contributed by atoms with Crippen LogP contribution in [-0.2, 0) is 0 Å². The van der Waals surface area contributed by atoms with Crippen LogP contribution in [0.2, 0.25) is 0 Å². The fraction of sp³-hybridized carbons (Fsp3) is 0.250. The van der Waals surface area contributed by atoms with Crippen molar-refractivity contribution in [3.63, 3.8) is 0 Å². The highest BCUT2D eigenvalue weighted by Crippen LogP contribution is 2.22. The first-order chi connectivity index (χ1) is 9.17. The summed E-state index contributed by atoms with van der Waals surface area (Å²) in [5.74, 6) is 1.74. The molecule has 0 fully saturated rings. The summed E-state index contributed by atoms with van der Waals surface area (Å²) in [5.41, 5.74) is 2.06. The summed E-state index contributed by atoms with van der Waals surface area (Å²) < 4.78 is 10.7. The highest BCUT2D eigenvalue weighted by molar-refractivity contribution is 5.60. The lowest BCUT2D eigenvalue weighted by atomic mass is 10.2. The Morgan fingerprint density at radius 1 is 0.789 bits per heavy atom. The first kappa shape index (κ1) is 13.3. The van der Waals surface area contributed by atoms with Crippen LogP contribution in [0, 0.1) is 0 Å². The van der Waals surface area contributed by atoms with Crippen LogP contribution in [0.15, 0.2) is 48.5 Å². The van der Waals surface area contributed by atoms with E-state index in [9.17, 15) is 0 Å². The van der Waals surface area contributed by atoms with Crippen molar-refractivity contribution < 1.29 is 9.47 Å². The SMILES string of the molecule is COc1ccc(Nc2ccc(OC(C)C)cc2)cc1. The second-order valence-electron chi connectivity index (χ2n) is 4.54. The van der Waals surface area contributed by atoms with Gasteiger partial charge in [0.2, 0.25) is 0 Å². The summed E-state index contributed by atoms with van der Waals surface area (Å²) in [4.78, 5) is 0. The van der Waals surface area contributed by atoms with Gasteiger partial charge in [0.1, 0.15) is 11.5 Å². The Hall–Kier alpha value is -2.16. The predicted molar refractivity (Wildman–Crippen MR) is 78.5 cm³/mol. The van der Waals surface area contributed by atoms with Crippen molar-refractivity contribution in [2.24, 2.45) is 0 Å². The Kier molecular flexibility index (Phi) is 4.29. The molecule has 2 rings (SSSR count). The molecule has 0 bridgehead atoms. The minimum Gasteiger partial charge on any atom is -0.497 e. The second kappa shape index (κ2) is 6.14. The Balaban J connectivity index is 2.02. The maximum absolute atomic E-state index is 5.61. The van der Waals surface area contributed by atoms with Crippen LogP contribution in [0.3, 0.4) is 0 Å². The number of ether oxygens (including phenoxy) is 2. The van der Waals surface area contributed by atoms with Gasteiger partial charge >= 0.3 is 0 Å². The van der Waals surface area contributed by atoms with Crippen molar-refractivity contribution in [2.75, 3.05) is 12.4 Å². The van der Waals surface area contributed by atoms with E-state index in [0.717, 1.165) is 22.9 Å². The van der Waals surface area contributed by atoms with Gasteiger partial charge in [0.25, 0.3) is 0 Å². The lowest BCUT2D eigenvalue weighted by Gasteiger charge is -2.11. The molecule has 0 atom stereocenters. The molecule has 0 heterocycles. The molecular weight excluding hydrogens is 238 g/mol. The molecule has 0 saturated carbocycles. The Labute approximate surface area is 114 Å². The molecule has 100 valence electrons. The Bertz CT molecular complexity index is 503. The lowest BCUT2D eigenvalue weighted by Crippen LogP contribution is -2.05. The van der Waals surface area contributed by atoms with E-state index in [0.29, 0.717) is 0 Å². The molecule has 2 aromatic rings. The number of hydrogen-bond acceptors (Lipinski definition) is 3. The molecule has 0 radical (unpaired) electrons. The largest absolute Gasteiger partial charge is 0.497 e. The van der Waals surface area contributed by atoms with Gasteiger partial charge in [-0.15, -0.1) is 0 Å². The lowest BCUT2D eigenvalue weighted by molar-refractivity contribution is 0.242. The van der Waals surface area contributed by atoms with E-state index in [2.05, 4.69) is 5.32 Å². The van der Waals surface area contributed by atoms with E-state index >= 15 is 0 Å². The van der Waals surface area contributed by atoms with E-state index in [1.807, 2.05) is 62.4 Å². The molecule has 1 N–H and O–H groups in total. The molecule has 3 heteroatoms. The third-order valence-electron chi connectivity index (χ3n) is 2.60. The van der Waals surface area contributed by atoms with Gasteiger partial charge in [-0.2, -0.15) is 0 Å². The van der Waals surface area contributed by atoms with E-state index < -0.39 is 0 Å². The Morgan fingerprint density at radius 3 is 1.68 bits per heavy atom. The van der Waals surface area contributed by atoms with Crippen molar-refractivity contribution in [1.82, 2.24) is 0 Å². The normalized spacial score (nSPS) is 10.3. The first-order valence-electron chi connectivity index (χ1n) is 6.35. The van der Waals surface area contributed by atoms with Gasteiger partial charge in [0.15, 0.2) is 0 Å². The second-order valence-corrected chi connectivity index (χ2v) is 4.54. The minimum atomic E-state index is 0.195. The predicted octanol–water partition coefficient (Wildman–Crippen LogP) is 4.23. The van der Waals surface area contributed by atoms with Gasteiger partial charge in [0, 0.05) is 11.4 Å². The zero-order valence-corrected chi connectivity index (χ0v) is 11.5. The van der Waals surface area contributed by atoms with Gasteiger partial charge in [-0.1, -0.05) is 0 Å². The number of nitrogens with one attached hydrogen (secondary N) is 1. The zero-order valence-electron chi connectivity index (χ0n) is 11.5. The van der Waals surface area contributed by atoms with Crippen LogP contribution in [0.1, 0.15) is 13.8 Å². The zero-order chi connectivity index (χ0) is 13.7. The maximum atomic E-state index is 5.61. The molecule has 0 aromatic heterocycles. The molecular formula is C16H19NO2. The topological polar surface area (TPSA) is 30.5 Å². The molecule has 0 aliphatic rings. The number of benzene rings is 2. The molecule has 0 unspecified atom stereocenters. The van der Waals surface area contributed by atoms with Crippen LogP contribution in [-0.4, -0.2) is 13.2 Å². The van der Waals surface area contributed by atoms with Gasteiger partial charge in [-0.25, -0.2) is 0 Å². The van der Waals surface area contributed by atoms with Crippen molar-refractivity contribution in [2.45, 2.75) is 20.0 Å². The van der Waals surface area contributed by atoms with Crippen LogP contribution < -0.4 is 14.8 Å². The van der Waals surface area contributed by atoms with E-state index in [1.165, 1.54) is 0 Å². The van der Waals surface area contributed by atoms with Crippen molar-refractivity contribution in [3.8, 4) is 11.5 Å². The molecule has 0 spiro atoms. The van der Waals surface area contributed by atoms with Crippen molar-refractivity contribution >= 4 is 11.4 Å². The van der Waals surface area contributed by atoms with Crippen LogP contribution in [0.5, 0.6) is 11.5 Å². The van der Waals surface area contributed by atoms with Crippen LogP contribution in [0.4, 0.5) is 11.4 Å². The van der Waals surface area contributed by atoms with Gasteiger partial charge in [-0.05, 0) is 62.4 Å². The van der Waals surface area contributed by atoms with E-state index in [1.54, 1.807) is 7.11 Å². The monoisotopic (exact) mass is 257 g/mol. The summed E-state index contributed by atoms with van der Waals surface area (Å²) in [5, 5.41) is 3.32. The number of rotatable bonds is 5. The van der Waals surface area contributed by atoms with Crippen molar-refractivity contribution in [3.05, 3.63) is 48.5 Å². The molecule has 19 heavy (non-hydrogen) atoms. The number of anilines is 2. The maximum Gasteiger partial charge on any atom is 0.119 e. The van der Waals surface area contributed by atoms with E-state index in [4.69, 9.17) is 9.47 Å². The van der Waals surface area contributed by atoms with E-state index in [-0.39, 0.29) is 6.10 Å². The fourth-order valence-corrected chi connectivity index (χ4v) is 1.73. The summed E-state index contributed by atoms with van der Waals surface area (Å²) in [6, 6.07) is 15.8. The highest BCUT2D eigenvalue weighted by Gasteiger charge is 1.99. The molecule has 2 aromatic carbocycles. The average Bonchev–Trinajstić information content (AvgIpc) is 2.41. The highest BCUT2D eigenvalue weighted by atomic mass is 16.5. The van der Waals surface area contributed by atoms with Crippen molar-refractivity contribution in [1.29, 1.82) is 0 Å². The first-order valence-corrected chi connectivity index (χ1v) is 6.35. The molecule has 0 saturated heterocycles. The fourth-order valence-electron chi connectivity index (χ4n) is 1.73. The summed E-state index contributed by atoms with van der Waals surface area (Å²) in [6.45, 7) is 4.03. The number of methoxy groups -OCH3 is 1. The van der Waals surface area contributed by atoms with Gasteiger partial charge < -0.3 is 14.8 Å². The number of hydrogen-bond donors (Lipinski definition) is 1. The minimum absolute atomic E-state index is 0.195. The average molecular weight is 257 g/mol. The standard InChI is InChI=1S/C16H19NO2/c1-12(2)19-16-10-6-14(7-11-16)17-13-4-8-15(18-3)9-5-13/h4-12,17H,1-3H3. The summed E-state index contributed by atoms with van der Waals surface area (Å²) in [7, 11) is 1.66. The Morgan fingerprint density at radius 2 is 1.26 bits per heavy atom. The quantitative estimate of drug-likeness (QED) is 0.869. The molecule has 0 aliphatic heterocycles. The smallest absolute Gasteiger partial charge is 0.119 e. The van der Waals surface area contributed by atoms with Gasteiger partial charge in [-0.3, -0.25) is 0 Å². The van der Waals surface area contributed by atoms with Gasteiger partial charge in [0.05, 0.1) is 13.2 Å². The summed E-state index contributed by atoms with van der Waals surface area (Å²) >= 11 is 0. The molecule has 0 aliphatic carbocycles. The van der Waals surface area contributed by atoms with Crippen LogP contribution in [0.25, 0.3) is 0 Å². The molecule has 3 nitrogen and oxygen atoms in total. The third kappa shape index (κ3) is 3.91. The summed E-state index contributed by atoms with van der Waals surface area (Å²) in [6.07, 6.45) is 0.195. The van der Waals surface area contributed by atoms with Crippen LogP contribution >= 0.6 is 0 Å². The molecule has 0 amide bonds. The third-order valence-corrected chi connectivity index (χ3v) is 2.60.